The van der Waals surface area contributed by atoms with Gasteiger partial charge in [0.2, 0.25) is 0 Å². The maximum absolute atomic E-state index is 11.2. The molecule has 0 bridgehead atoms. The smallest absolute Gasteiger partial charge is 0.173 e. The normalized spacial score (nSPS) is 21.9. The summed E-state index contributed by atoms with van der Waals surface area (Å²) in [6, 6.07) is 6.24. The van der Waals surface area contributed by atoms with E-state index in [1.165, 1.54) is 22.1 Å². The number of benzene rings is 1. The fourth-order valence-corrected chi connectivity index (χ4v) is 3.14. The van der Waals surface area contributed by atoms with Crippen molar-refractivity contribution in [3.63, 3.8) is 0 Å². The number of rotatable bonds is 3. The molecule has 17 heavy (non-hydrogen) atoms. The van der Waals surface area contributed by atoms with Crippen LogP contribution in [0, 0.1) is 13.8 Å². The van der Waals surface area contributed by atoms with E-state index in [1.54, 1.807) is 6.08 Å². The van der Waals surface area contributed by atoms with Gasteiger partial charge in [0.25, 0.3) is 0 Å². The van der Waals surface area contributed by atoms with Crippen LogP contribution in [0.15, 0.2) is 29.7 Å². The molecule has 0 saturated carbocycles. The third-order valence-electron chi connectivity index (χ3n) is 3.07. The van der Waals surface area contributed by atoms with Gasteiger partial charge >= 0.3 is 0 Å². The molecule has 1 aromatic carbocycles. The van der Waals surface area contributed by atoms with E-state index in [0.29, 0.717) is 6.54 Å². The number of hydrogen-bond acceptors (Lipinski definition) is 3. The summed E-state index contributed by atoms with van der Waals surface area (Å²) in [5.41, 5.74) is 3.72. The largest absolute Gasteiger partial charge is 0.305 e. The Kier molecular flexibility index (Phi) is 3.35. The molecule has 0 aliphatic carbocycles. The van der Waals surface area contributed by atoms with E-state index in [9.17, 15) is 8.42 Å². The van der Waals surface area contributed by atoms with Crippen molar-refractivity contribution in [1.82, 2.24) is 5.32 Å². The number of sulfone groups is 1. The van der Waals surface area contributed by atoms with Crippen LogP contribution in [0.2, 0.25) is 0 Å². The lowest BCUT2D eigenvalue weighted by Crippen LogP contribution is -2.29. The molecule has 0 saturated heterocycles. The molecule has 1 N–H and O–H groups in total. The summed E-state index contributed by atoms with van der Waals surface area (Å²) < 4.78 is 22.4. The monoisotopic (exact) mass is 251 g/mol. The summed E-state index contributed by atoms with van der Waals surface area (Å²) in [5, 5.41) is 4.53. The van der Waals surface area contributed by atoms with E-state index in [1.807, 2.05) is 0 Å². The van der Waals surface area contributed by atoms with Crippen molar-refractivity contribution in [2.24, 2.45) is 0 Å². The minimum absolute atomic E-state index is 0.0541. The third kappa shape index (κ3) is 3.17. The van der Waals surface area contributed by atoms with Crippen LogP contribution in [0.5, 0.6) is 0 Å². The van der Waals surface area contributed by atoms with Crippen molar-refractivity contribution in [2.45, 2.75) is 26.4 Å². The Bertz CT molecular complexity index is 547. The second-order valence-corrected chi connectivity index (χ2v) is 6.50. The van der Waals surface area contributed by atoms with Gasteiger partial charge in [-0.25, -0.2) is 8.42 Å². The first kappa shape index (κ1) is 12.3. The van der Waals surface area contributed by atoms with Gasteiger partial charge < -0.3 is 5.32 Å². The molecule has 0 radical (unpaired) electrons. The van der Waals surface area contributed by atoms with Gasteiger partial charge in [-0.3, -0.25) is 0 Å². The minimum atomic E-state index is -2.96. The van der Waals surface area contributed by atoms with Crippen molar-refractivity contribution in [3.8, 4) is 0 Å². The van der Waals surface area contributed by atoms with Gasteiger partial charge in [-0.1, -0.05) is 24.3 Å². The summed E-state index contributed by atoms with van der Waals surface area (Å²) in [7, 11) is -2.96. The lowest BCUT2D eigenvalue weighted by Gasteiger charge is -2.11. The summed E-state index contributed by atoms with van der Waals surface area (Å²) in [6.45, 7) is 4.86. The highest BCUT2D eigenvalue weighted by atomic mass is 32.2. The molecule has 1 aliphatic heterocycles. The van der Waals surface area contributed by atoms with Gasteiger partial charge in [0.1, 0.15) is 0 Å². The molecule has 0 spiro atoms. The average Bonchev–Trinajstić information content (AvgIpc) is 2.60. The molecular formula is C13H17NO2S. The van der Waals surface area contributed by atoms with Crippen LogP contribution < -0.4 is 5.32 Å². The Morgan fingerprint density at radius 2 is 2.06 bits per heavy atom. The van der Waals surface area contributed by atoms with Gasteiger partial charge in [-0.15, -0.1) is 0 Å². The highest BCUT2D eigenvalue weighted by Gasteiger charge is 2.20. The first-order valence-corrected chi connectivity index (χ1v) is 7.38. The molecule has 1 unspecified atom stereocenters. The first-order valence-electron chi connectivity index (χ1n) is 5.67. The number of aryl methyl sites for hydroxylation is 2. The average molecular weight is 251 g/mol. The number of nitrogens with one attached hydrogen (secondary N) is 1. The van der Waals surface area contributed by atoms with Crippen LogP contribution in [-0.4, -0.2) is 20.2 Å². The highest BCUT2D eigenvalue weighted by molar-refractivity contribution is 7.94. The fourth-order valence-electron chi connectivity index (χ4n) is 1.87. The SMILES string of the molecule is Cc1ccc(CNC2C=CS(=O)(=O)C2)cc1C. The van der Waals surface area contributed by atoms with Crippen molar-refractivity contribution >= 4 is 9.84 Å². The maximum Gasteiger partial charge on any atom is 0.173 e. The van der Waals surface area contributed by atoms with E-state index in [-0.39, 0.29) is 11.8 Å². The zero-order valence-corrected chi connectivity index (χ0v) is 10.9. The van der Waals surface area contributed by atoms with Crippen LogP contribution in [-0.2, 0) is 16.4 Å². The van der Waals surface area contributed by atoms with Crippen LogP contribution >= 0.6 is 0 Å². The Labute approximate surface area is 102 Å². The van der Waals surface area contributed by atoms with Crippen LogP contribution in [0.25, 0.3) is 0 Å². The van der Waals surface area contributed by atoms with Crippen molar-refractivity contribution in [3.05, 3.63) is 46.4 Å². The van der Waals surface area contributed by atoms with E-state index in [2.05, 4.69) is 37.4 Å². The topological polar surface area (TPSA) is 46.2 Å². The summed E-state index contributed by atoms with van der Waals surface area (Å²) >= 11 is 0. The molecule has 2 rings (SSSR count). The minimum Gasteiger partial charge on any atom is -0.305 e. The van der Waals surface area contributed by atoms with Crippen molar-refractivity contribution in [1.29, 1.82) is 0 Å². The molecule has 4 heteroatoms. The van der Waals surface area contributed by atoms with Gasteiger partial charge in [0.05, 0.1) is 5.75 Å². The Morgan fingerprint density at radius 1 is 1.29 bits per heavy atom. The van der Waals surface area contributed by atoms with Crippen LogP contribution in [0.3, 0.4) is 0 Å². The van der Waals surface area contributed by atoms with E-state index in [0.717, 1.165) is 0 Å². The molecule has 3 nitrogen and oxygen atoms in total. The molecule has 92 valence electrons. The second kappa shape index (κ2) is 4.63. The van der Waals surface area contributed by atoms with Crippen molar-refractivity contribution < 1.29 is 8.42 Å². The van der Waals surface area contributed by atoms with E-state index in [4.69, 9.17) is 0 Å². The Morgan fingerprint density at radius 3 is 2.65 bits per heavy atom. The summed E-state index contributed by atoms with van der Waals surface area (Å²) in [4.78, 5) is 0. The number of hydrogen-bond donors (Lipinski definition) is 1. The molecule has 1 heterocycles. The highest BCUT2D eigenvalue weighted by Crippen LogP contribution is 2.12. The summed E-state index contributed by atoms with van der Waals surface area (Å²) in [6.07, 6.45) is 1.72. The summed E-state index contributed by atoms with van der Waals surface area (Å²) in [5.74, 6) is 0.178. The predicted molar refractivity (Wildman–Crippen MR) is 69.5 cm³/mol. The lowest BCUT2D eigenvalue weighted by molar-refractivity contribution is 0.590. The van der Waals surface area contributed by atoms with E-state index < -0.39 is 9.84 Å². The Balaban J connectivity index is 1.95. The van der Waals surface area contributed by atoms with E-state index >= 15 is 0 Å². The zero-order chi connectivity index (χ0) is 12.5. The van der Waals surface area contributed by atoms with Gasteiger partial charge in [0, 0.05) is 18.0 Å². The standard InChI is InChI=1S/C13H17NO2S/c1-10-3-4-12(7-11(10)2)8-14-13-5-6-17(15,16)9-13/h3-7,13-14H,8-9H2,1-2H3. The maximum atomic E-state index is 11.2. The van der Waals surface area contributed by atoms with Crippen LogP contribution in [0.1, 0.15) is 16.7 Å². The molecule has 0 fully saturated rings. The Hall–Kier alpha value is -1.13. The molecule has 1 aliphatic rings. The third-order valence-corrected chi connectivity index (χ3v) is 4.47. The molecule has 0 amide bonds. The zero-order valence-electron chi connectivity index (χ0n) is 10.1. The van der Waals surface area contributed by atoms with Crippen molar-refractivity contribution in [2.75, 3.05) is 5.75 Å². The predicted octanol–water partition coefficient (Wildman–Crippen LogP) is 1.70. The fraction of sp³-hybridized carbons (Fsp3) is 0.385. The van der Waals surface area contributed by atoms with Gasteiger partial charge in [-0.05, 0) is 30.5 Å². The molecule has 0 aromatic heterocycles. The molecule has 1 aromatic rings. The molecule has 1 atom stereocenters. The second-order valence-electron chi connectivity index (χ2n) is 4.56. The van der Waals surface area contributed by atoms with Crippen LogP contribution in [0.4, 0.5) is 0 Å². The first-order chi connectivity index (χ1) is 7.96. The lowest BCUT2D eigenvalue weighted by atomic mass is 10.1. The van der Waals surface area contributed by atoms with Gasteiger partial charge in [0.15, 0.2) is 9.84 Å². The quantitative estimate of drug-likeness (QED) is 0.889. The molecular weight excluding hydrogens is 234 g/mol. The van der Waals surface area contributed by atoms with Gasteiger partial charge in [-0.2, -0.15) is 0 Å².